The van der Waals surface area contributed by atoms with Crippen LogP contribution in [0.4, 0.5) is 4.39 Å². The van der Waals surface area contributed by atoms with Crippen molar-refractivity contribution < 1.29 is 17.2 Å². The quantitative estimate of drug-likeness (QED) is 0.361. The van der Waals surface area contributed by atoms with Crippen molar-refractivity contribution in [1.82, 2.24) is 34.1 Å². The molecule has 0 radical (unpaired) electrons. The van der Waals surface area contributed by atoms with Crippen LogP contribution in [0, 0.1) is 11.7 Å². The standard InChI is InChI=1S/C24H20FN7O3S/c1-30-27-12-21(29-30)36(33,34)31-13-19-22(23-26-8-9-35-23)24(19,14-31)16-2-7-20-15(10-16)11-28-32(20)18-5-3-17(25)4-6-18/h2-12,19,22H,13-14H2,1H3/t19-,22+,24+/m1/s1. The van der Waals surface area contributed by atoms with E-state index in [2.05, 4.69) is 26.3 Å². The summed E-state index contributed by atoms with van der Waals surface area (Å²) in [7, 11) is -2.21. The van der Waals surface area contributed by atoms with Gasteiger partial charge in [-0.2, -0.15) is 19.3 Å². The minimum Gasteiger partial charge on any atom is -0.449 e. The number of sulfonamides is 1. The number of aryl methyl sites for hydroxylation is 1. The minimum absolute atomic E-state index is 0.00666. The summed E-state index contributed by atoms with van der Waals surface area (Å²) < 4.78 is 48.9. The van der Waals surface area contributed by atoms with Gasteiger partial charge in [0, 0.05) is 30.9 Å². The Hall–Kier alpha value is -3.90. The molecule has 5 aromatic rings. The van der Waals surface area contributed by atoms with Crippen LogP contribution < -0.4 is 0 Å². The van der Waals surface area contributed by atoms with Gasteiger partial charge in [0.05, 0.1) is 35.7 Å². The molecule has 1 saturated carbocycles. The Morgan fingerprint density at radius 1 is 1.11 bits per heavy atom. The number of aromatic nitrogens is 6. The molecular weight excluding hydrogens is 485 g/mol. The number of hydrogen-bond donors (Lipinski definition) is 0. The monoisotopic (exact) mass is 505 g/mol. The van der Waals surface area contributed by atoms with E-state index in [9.17, 15) is 12.8 Å². The molecule has 0 amide bonds. The van der Waals surface area contributed by atoms with Crippen LogP contribution in [0.25, 0.3) is 16.6 Å². The van der Waals surface area contributed by atoms with E-state index in [1.54, 1.807) is 42.5 Å². The van der Waals surface area contributed by atoms with Crippen molar-refractivity contribution in [2.24, 2.45) is 13.0 Å². The summed E-state index contributed by atoms with van der Waals surface area (Å²) in [4.78, 5) is 5.62. The van der Waals surface area contributed by atoms with Crippen LogP contribution >= 0.6 is 0 Å². The van der Waals surface area contributed by atoms with Crippen molar-refractivity contribution in [2.45, 2.75) is 16.4 Å². The molecular formula is C24H20FN7O3S. The molecule has 12 heteroatoms. The summed E-state index contributed by atoms with van der Waals surface area (Å²) in [5.41, 5.74) is 2.14. The fourth-order valence-corrected chi connectivity index (χ4v) is 7.12. The number of piperidine rings is 1. The molecule has 0 bridgehead atoms. The Balaban J connectivity index is 1.29. The topological polar surface area (TPSA) is 112 Å². The first-order valence-electron chi connectivity index (χ1n) is 11.4. The third kappa shape index (κ3) is 2.94. The van der Waals surface area contributed by atoms with E-state index in [1.165, 1.54) is 27.4 Å². The van der Waals surface area contributed by atoms with Gasteiger partial charge in [0.15, 0.2) is 5.89 Å². The van der Waals surface area contributed by atoms with Gasteiger partial charge in [-0.05, 0) is 47.9 Å². The molecule has 1 saturated heterocycles. The summed E-state index contributed by atoms with van der Waals surface area (Å²) in [5.74, 6) is 0.271. The minimum atomic E-state index is -3.80. The largest absolute Gasteiger partial charge is 0.449 e. The lowest BCUT2D eigenvalue weighted by molar-refractivity contribution is 0.392. The third-order valence-corrected chi connectivity index (χ3v) is 9.10. The molecule has 7 rings (SSSR count). The van der Waals surface area contributed by atoms with Gasteiger partial charge < -0.3 is 4.42 Å². The molecule has 1 aliphatic heterocycles. The summed E-state index contributed by atoms with van der Waals surface area (Å²) in [6.45, 7) is 0.611. The molecule has 0 unspecified atom stereocenters. The second-order valence-corrected chi connectivity index (χ2v) is 11.2. The van der Waals surface area contributed by atoms with E-state index in [4.69, 9.17) is 4.42 Å². The number of oxazole rings is 1. The maximum absolute atomic E-state index is 13.4. The second kappa shape index (κ2) is 7.31. The van der Waals surface area contributed by atoms with E-state index < -0.39 is 15.4 Å². The van der Waals surface area contributed by atoms with Crippen molar-refractivity contribution in [3.63, 3.8) is 0 Å². The van der Waals surface area contributed by atoms with E-state index in [0.717, 1.165) is 22.2 Å². The molecule has 36 heavy (non-hydrogen) atoms. The van der Waals surface area contributed by atoms with E-state index in [-0.39, 0.29) is 29.2 Å². The summed E-state index contributed by atoms with van der Waals surface area (Å²) >= 11 is 0. The average molecular weight is 506 g/mol. The first-order valence-corrected chi connectivity index (χ1v) is 12.8. The molecule has 10 nitrogen and oxygen atoms in total. The number of benzene rings is 2. The average Bonchev–Trinajstić information content (AvgIpc) is 3.52. The highest BCUT2D eigenvalue weighted by Crippen LogP contribution is 2.69. The Labute approximate surface area is 205 Å². The molecule has 2 aromatic carbocycles. The molecule has 182 valence electrons. The highest BCUT2D eigenvalue weighted by molar-refractivity contribution is 7.89. The second-order valence-electron chi connectivity index (χ2n) is 9.27. The van der Waals surface area contributed by atoms with Crippen LogP contribution in [0.2, 0.25) is 0 Å². The highest BCUT2D eigenvalue weighted by Gasteiger charge is 2.73. The SMILES string of the molecule is Cn1ncc(S(=O)(=O)N2C[C@@H]3[C@@H](c4ncco4)[C@]3(c3ccc4c(cnn4-c4ccc(F)cc4)c3)C2)n1. The van der Waals surface area contributed by atoms with Crippen molar-refractivity contribution in [1.29, 1.82) is 0 Å². The predicted molar refractivity (Wildman–Crippen MR) is 125 cm³/mol. The van der Waals surface area contributed by atoms with Gasteiger partial charge >= 0.3 is 0 Å². The van der Waals surface area contributed by atoms with Crippen LogP contribution in [0.15, 0.2) is 76.8 Å². The van der Waals surface area contributed by atoms with Gasteiger partial charge in [-0.15, -0.1) is 5.10 Å². The van der Waals surface area contributed by atoms with E-state index >= 15 is 0 Å². The Bertz CT molecular complexity index is 1710. The molecule has 0 N–H and O–H groups in total. The Kier molecular flexibility index (Phi) is 4.34. The number of fused-ring (bicyclic) bond motifs is 2. The zero-order valence-electron chi connectivity index (χ0n) is 19.1. The highest BCUT2D eigenvalue weighted by atomic mass is 32.2. The van der Waals surface area contributed by atoms with Crippen LogP contribution in [-0.4, -0.2) is 55.6 Å². The Morgan fingerprint density at radius 2 is 1.94 bits per heavy atom. The normalized spacial score (nSPS) is 23.8. The fraction of sp³-hybridized carbons (Fsp3) is 0.250. The zero-order chi connectivity index (χ0) is 24.7. The third-order valence-electron chi connectivity index (χ3n) is 7.43. The summed E-state index contributed by atoms with van der Waals surface area (Å²) in [6, 6.07) is 12.2. The van der Waals surface area contributed by atoms with Crippen molar-refractivity contribution in [3.05, 3.63) is 84.6 Å². The van der Waals surface area contributed by atoms with Crippen molar-refractivity contribution in [3.8, 4) is 5.69 Å². The molecule has 1 aliphatic carbocycles. The molecule has 4 heterocycles. The first-order chi connectivity index (χ1) is 17.4. The van der Waals surface area contributed by atoms with Crippen LogP contribution in [0.5, 0.6) is 0 Å². The number of rotatable bonds is 5. The molecule has 0 spiro atoms. The lowest BCUT2D eigenvalue weighted by Gasteiger charge is -2.22. The number of hydrogen-bond acceptors (Lipinski definition) is 7. The molecule has 2 aliphatic rings. The fourth-order valence-electron chi connectivity index (χ4n) is 5.71. The van der Waals surface area contributed by atoms with Crippen LogP contribution in [-0.2, 0) is 22.5 Å². The van der Waals surface area contributed by atoms with Gasteiger partial charge in [0.2, 0.25) is 5.03 Å². The summed E-state index contributed by atoms with van der Waals surface area (Å²) in [5, 5.41) is 13.3. The number of halogens is 1. The van der Waals surface area contributed by atoms with Gasteiger partial charge in [-0.25, -0.2) is 22.5 Å². The number of nitrogens with zero attached hydrogens (tertiary/aromatic N) is 7. The van der Waals surface area contributed by atoms with Gasteiger partial charge in [0.1, 0.15) is 12.1 Å². The zero-order valence-corrected chi connectivity index (χ0v) is 19.9. The van der Waals surface area contributed by atoms with Crippen molar-refractivity contribution >= 4 is 20.9 Å². The molecule has 3 aromatic heterocycles. The molecule has 2 fully saturated rings. The first kappa shape index (κ1) is 21.4. The van der Waals surface area contributed by atoms with E-state index in [1.807, 2.05) is 12.1 Å². The maximum atomic E-state index is 13.4. The Morgan fingerprint density at radius 3 is 2.67 bits per heavy atom. The maximum Gasteiger partial charge on any atom is 0.264 e. The smallest absolute Gasteiger partial charge is 0.264 e. The van der Waals surface area contributed by atoms with Crippen LogP contribution in [0.3, 0.4) is 0 Å². The van der Waals surface area contributed by atoms with Gasteiger partial charge in [-0.3, -0.25) is 0 Å². The lowest BCUT2D eigenvalue weighted by atomic mass is 9.92. The van der Waals surface area contributed by atoms with E-state index in [0.29, 0.717) is 12.4 Å². The lowest BCUT2D eigenvalue weighted by Crippen LogP contribution is -2.34. The van der Waals surface area contributed by atoms with Crippen molar-refractivity contribution in [2.75, 3.05) is 13.1 Å². The van der Waals surface area contributed by atoms with Gasteiger partial charge in [-0.1, -0.05) is 6.07 Å². The predicted octanol–water partition coefficient (Wildman–Crippen LogP) is 2.64. The van der Waals surface area contributed by atoms with Crippen LogP contribution in [0.1, 0.15) is 17.4 Å². The summed E-state index contributed by atoms with van der Waals surface area (Å²) in [6.07, 6.45) is 6.19. The van der Waals surface area contributed by atoms with Gasteiger partial charge in [0.25, 0.3) is 10.0 Å². The molecule has 3 atom stereocenters.